The number of carboxylic acid groups (broad SMARTS) is 1. The molecule has 1 fully saturated rings. The first-order chi connectivity index (χ1) is 38.6. The standard InChI is InChI=1S/C67H108O12/c1-4-7-10-13-16-19-22-25-27-29-30-32-33-36-38-41-44-47-50-53-59(68)75-56-58(77-60(69)54-51-48-45-42-39-35-24-21-18-15-12-9-6-3)57-76-67-65(63(72)62(71)64(79-67)66(73)74)78-61(70)55-52-49-46-43-40-37-34-31-28-26-23-20-17-14-11-8-5-2/h7-8,10-11,16-17,19-20,25-28,30,32,34,36-38,58,62-65,67,71-72H,4-6,9,12-15,18,21-24,29,31,33,35,39-57H2,1-3H3,(H,73,74)/b10-7-,11-8-,19-16-,20-17-,27-25-,28-26-,32-30-,37-34-,38-36-. The van der Waals surface area contributed by atoms with Crippen molar-refractivity contribution in [1.82, 2.24) is 0 Å². The molecule has 0 saturated carbocycles. The van der Waals surface area contributed by atoms with Crippen LogP contribution in [0.5, 0.6) is 0 Å². The Hall–Kier alpha value is -4.62. The maximum atomic E-state index is 13.2. The Morgan fingerprint density at radius 2 is 0.797 bits per heavy atom. The number of ether oxygens (including phenoxy) is 5. The summed E-state index contributed by atoms with van der Waals surface area (Å²) in [6.45, 7) is 5.73. The molecule has 6 atom stereocenters. The molecule has 0 amide bonds. The van der Waals surface area contributed by atoms with Crippen LogP contribution in [0, 0.1) is 0 Å². The van der Waals surface area contributed by atoms with E-state index in [1.54, 1.807) is 0 Å². The van der Waals surface area contributed by atoms with Gasteiger partial charge in [-0.15, -0.1) is 0 Å². The molecule has 0 aromatic carbocycles. The van der Waals surface area contributed by atoms with Crippen molar-refractivity contribution in [2.75, 3.05) is 13.2 Å². The molecule has 0 radical (unpaired) electrons. The largest absolute Gasteiger partial charge is 0.479 e. The van der Waals surface area contributed by atoms with E-state index in [1.807, 2.05) is 0 Å². The van der Waals surface area contributed by atoms with E-state index < -0.39 is 67.3 Å². The number of allylic oxidation sites excluding steroid dienone is 18. The van der Waals surface area contributed by atoms with Gasteiger partial charge in [-0.25, -0.2) is 4.79 Å². The maximum Gasteiger partial charge on any atom is 0.335 e. The zero-order valence-electron chi connectivity index (χ0n) is 49.3. The Morgan fingerprint density at radius 3 is 1.23 bits per heavy atom. The molecule has 79 heavy (non-hydrogen) atoms. The number of rotatable bonds is 51. The third-order valence-corrected chi connectivity index (χ3v) is 13.3. The number of aliphatic hydroxyl groups excluding tert-OH is 2. The molecule has 0 aromatic heterocycles. The van der Waals surface area contributed by atoms with E-state index in [1.165, 1.54) is 57.8 Å². The van der Waals surface area contributed by atoms with Gasteiger partial charge >= 0.3 is 23.9 Å². The van der Waals surface area contributed by atoms with Gasteiger partial charge in [0.1, 0.15) is 18.8 Å². The third kappa shape index (κ3) is 43.8. The molecule has 6 unspecified atom stereocenters. The number of carbonyl (C=O) groups is 4. The molecule has 448 valence electrons. The van der Waals surface area contributed by atoms with E-state index in [2.05, 4.69) is 130 Å². The van der Waals surface area contributed by atoms with Crippen LogP contribution in [0.15, 0.2) is 109 Å². The molecule has 12 nitrogen and oxygen atoms in total. The fourth-order valence-electron chi connectivity index (χ4n) is 8.68. The second-order valence-corrected chi connectivity index (χ2v) is 20.6. The molecule has 0 aliphatic carbocycles. The highest BCUT2D eigenvalue weighted by molar-refractivity contribution is 5.74. The summed E-state index contributed by atoms with van der Waals surface area (Å²) in [6, 6.07) is 0. The average Bonchev–Trinajstić information content (AvgIpc) is 3.47. The van der Waals surface area contributed by atoms with Crippen molar-refractivity contribution in [2.45, 2.75) is 276 Å². The fourth-order valence-corrected chi connectivity index (χ4v) is 8.68. The van der Waals surface area contributed by atoms with Gasteiger partial charge in [-0.05, 0) is 103 Å². The number of carbonyl (C=O) groups excluding carboxylic acids is 3. The van der Waals surface area contributed by atoms with Crippen LogP contribution < -0.4 is 0 Å². The van der Waals surface area contributed by atoms with E-state index in [9.17, 15) is 34.5 Å². The molecule has 0 spiro atoms. The molecule has 1 rings (SSSR count). The first kappa shape index (κ1) is 72.4. The summed E-state index contributed by atoms with van der Waals surface area (Å²) in [5.41, 5.74) is 0. The highest BCUT2D eigenvalue weighted by atomic mass is 16.7. The predicted molar refractivity (Wildman–Crippen MR) is 321 cm³/mol. The van der Waals surface area contributed by atoms with Crippen LogP contribution in [-0.2, 0) is 42.9 Å². The number of carboxylic acids is 1. The third-order valence-electron chi connectivity index (χ3n) is 13.3. The van der Waals surface area contributed by atoms with Gasteiger partial charge in [-0.3, -0.25) is 14.4 Å². The van der Waals surface area contributed by atoms with Crippen molar-refractivity contribution in [2.24, 2.45) is 0 Å². The lowest BCUT2D eigenvalue weighted by molar-refractivity contribution is -0.301. The average molecular weight is 1110 g/mol. The minimum absolute atomic E-state index is 0.0249. The summed E-state index contributed by atoms with van der Waals surface area (Å²) in [7, 11) is 0. The Morgan fingerprint density at radius 1 is 0.430 bits per heavy atom. The second-order valence-electron chi connectivity index (χ2n) is 20.6. The summed E-state index contributed by atoms with van der Waals surface area (Å²) in [6.07, 6.45) is 60.5. The first-order valence-corrected chi connectivity index (χ1v) is 30.9. The normalized spacial score (nSPS) is 18.6. The van der Waals surface area contributed by atoms with Crippen molar-refractivity contribution in [3.05, 3.63) is 109 Å². The SMILES string of the molecule is CC/C=C\C/C=C\C/C=C\C/C=C\C/C=C\CCCCCC(=O)OCC(COC1OC(C(=O)O)C(O)C(O)C1OC(=O)CCCCCC/C=C\C/C=C\C/C=C\C/C=C\CC)OC(=O)CCCCCCCCCCCCCCC. The van der Waals surface area contributed by atoms with Crippen LogP contribution in [-0.4, -0.2) is 89.2 Å². The minimum atomic E-state index is -1.92. The Kier molecular flexibility index (Phi) is 49.5. The second kappa shape index (κ2) is 54.0. The predicted octanol–water partition coefficient (Wildman–Crippen LogP) is 16.2. The Bertz CT molecular complexity index is 1790. The van der Waals surface area contributed by atoms with Gasteiger partial charge in [0.15, 0.2) is 24.6 Å². The van der Waals surface area contributed by atoms with Crippen LogP contribution in [0.2, 0.25) is 0 Å². The summed E-state index contributed by atoms with van der Waals surface area (Å²) in [5, 5.41) is 31.5. The van der Waals surface area contributed by atoms with Crippen LogP contribution in [0.3, 0.4) is 0 Å². The van der Waals surface area contributed by atoms with Gasteiger partial charge in [-0.1, -0.05) is 226 Å². The van der Waals surface area contributed by atoms with Gasteiger partial charge in [0.05, 0.1) is 6.61 Å². The quantitative estimate of drug-likeness (QED) is 0.0228. The van der Waals surface area contributed by atoms with Crippen LogP contribution in [0.1, 0.15) is 239 Å². The number of hydrogen-bond acceptors (Lipinski definition) is 11. The Balaban J connectivity index is 2.71. The highest BCUT2D eigenvalue weighted by Crippen LogP contribution is 2.26. The van der Waals surface area contributed by atoms with Crippen LogP contribution in [0.25, 0.3) is 0 Å². The van der Waals surface area contributed by atoms with Gasteiger partial charge < -0.3 is 39.0 Å². The summed E-state index contributed by atoms with van der Waals surface area (Å²) in [4.78, 5) is 51.2. The lowest BCUT2D eigenvalue weighted by Crippen LogP contribution is -2.61. The number of aliphatic hydroxyl groups is 2. The van der Waals surface area contributed by atoms with Gasteiger partial charge in [0.25, 0.3) is 0 Å². The summed E-state index contributed by atoms with van der Waals surface area (Å²) in [5.74, 6) is -3.20. The van der Waals surface area contributed by atoms with Crippen molar-refractivity contribution in [3.8, 4) is 0 Å². The van der Waals surface area contributed by atoms with Gasteiger partial charge in [0.2, 0.25) is 0 Å². The molecule has 1 heterocycles. The number of aliphatic carboxylic acids is 1. The molecule has 3 N–H and O–H groups in total. The molecule has 1 aliphatic rings. The van der Waals surface area contributed by atoms with Crippen molar-refractivity contribution < 1.29 is 58.2 Å². The Labute approximate surface area is 478 Å². The number of unbranched alkanes of at least 4 members (excludes halogenated alkanes) is 19. The van der Waals surface area contributed by atoms with Crippen LogP contribution in [0.4, 0.5) is 0 Å². The van der Waals surface area contributed by atoms with Gasteiger partial charge in [0, 0.05) is 19.3 Å². The van der Waals surface area contributed by atoms with E-state index >= 15 is 0 Å². The van der Waals surface area contributed by atoms with Crippen molar-refractivity contribution in [1.29, 1.82) is 0 Å². The van der Waals surface area contributed by atoms with E-state index in [0.717, 1.165) is 122 Å². The maximum absolute atomic E-state index is 13.2. The van der Waals surface area contributed by atoms with E-state index in [4.69, 9.17) is 23.7 Å². The molecule has 0 aromatic rings. The van der Waals surface area contributed by atoms with E-state index in [-0.39, 0.29) is 25.9 Å². The number of hydrogen-bond donors (Lipinski definition) is 3. The fraction of sp³-hybridized carbons (Fsp3) is 0.672. The lowest BCUT2D eigenvalue weighted by atomic mass is 9.98. The molecule has 1 aliphatic heterocycles. The molecular formula is C67H108O12. The van der Waals surface area contributed by atoms with E-state index in [0.29, 0.717) is 19.3 Å². The summed E-state index contributed by atoms with van der Waals surface area (Å²) >= 11 is 0. The minimum Gasteiger partial charge on any atom is -0.479 e. The lowest BCUT2D eigenvalue weighted by Gasteiger charge is -2.40. The van der Waals surface area contributed by atoms with Crippen molar-refractivity contribution in [3.63, 3.8) is 0 Å². The van der Waals surface area contributed by atoms with Gasteiger partial charge in [-0.2, -0.15) is 0 Å². The number of esters is 3. The molecule has 12 heteroatoms. The molecule has 1 saturated heterocycles. The zero-order chi connectivity index (χ0) is 57.5. The monoisotopic (exact) mass is 1100 g/mol. The molecular weight excluding hydrogens is 997 g/mol. The molecule has 0 bridgehead atoms. The topological polar surface area (TPSA) is 175 Å². The zero-order valence-corrected chi connectivity index (χ0v) is 49.3. The highest BCUT2D eigenvalue weighted by Gasteiger charge is 2.50. The van der Waals surface area contributed by atoms with Crippen LogP contribution >= 0.6 is 0 Å². The van der Waals surface area contributed by atoms with Crippen molar-refractivity contribution >= 4 is 23.9 Å². The first-order valence-electron chi connectivity index (χ1n) is 30.9. The summed E-state index contributed by atoms with van der Waals surface area (Å²) < 4.78 is 28.4. The smallest absolute Gasteiger partial charge is 0.335 e.